The molecule has 3 nitrogen and oxygen atoms in total. The molecule has 1 unspecified atom stereocenters. The summed E-state index contributed by atoms with van der Waals surface area (Å²) >= 11 is 0. The highest BCUT2D eigenvalue weighted by Crippen LogP contribution is 1.97. The highest BCUT2D eigenvalue weighted by atomic mass is 15.3. The van der Waals surface area contributed by atoms with Gasteiger partial charge in [0.15, 0.2) is 0 Å². The van der Waals surface area contributed by atoms with Crippen LogP contribution in [-0.4, -0.2) is 22.4 Å². The molecule has 0 fully saturated rings. The van der Waals surface area contributed by atoms with Crippen LogP contribution >= 0.6 is 0 Å². The Balaban J connectivity index is 2.46. The molecular weight excluding hydrogens is 150 g/mol. The number of nitrogens with zero attached hydrogens (tertiary/aromatic N) is 2. The third-order valence-electron chi connectivity index (χ3n) is 1.93. The molecule has 1 atom stereocenters. The maximum absolute atomic E-state index is 4.21. The van der Waals surface area contributed by atoms with Crippen LogP contribution in [-0.2, 0) is 6.54 Å². The van der Waals surface area contributed by atoms with Crippen molar-refractivity contribution in [2.24, 2.45) is 0 Å². The molecule has 0 aliphatic heterocycles. The van der Waals surface area contributed by atoms with Gasteiger partial charge in [0, 0.05) is 17.9 Å². The topological polar surface area (TPSA) is 29.9 Å². The molecule has 0 saturated carbocycles. The zero-order chi connectivity index (χ0) is 8.97. The molecule has 68 valence electrons. The lowest BCUT2D eigenvalue weighted by Gasteiger charge is -2.13. The molecule has 0 spiro atoms. The van der Waals surface area contributed by atoms with E-state index < -0.39 is 0 Å². The highest BCUT2D eigenvalue weighted by Gasteiger charge is 2.02. The number of nitrogens with one attached hydrogen (secondary N) is 1. The minimum Gasteiger partial charge on any atom is -0.313 e. The van der Waals surface area contributed by atoms with Crippen molar-refractivity contribution in [2.75, 3.05) is 6.54 Å². The van der Waals surface area contributed by atoms with Crippen LogP contribution in [0.4, 0.5) is 0 Å². The molecule has 0 radical (unpaired) electrons. The molecule has 1 aromatic rings. The molecule has 0 bridgehead atoms. The number of likely N-dealkylation sites (N-methyl/N-ethyl adjacent to an activating group) is 1. The van der Waals surface area contributed by atoms with Gasteiger partial charge in [0.2, 0.25) is 0 Å². The summed E-state index contributed by atoms with van der Waals surface area (Å²) < 4.78 is 2.02. The van der Waals surface area contributed by atoms with Crippen molar-refractivity contribution in [2.45, 2.75) is 33.4 Å². The van der Waals surface area contributed by atoms with Gasteiger partial charge < -0.3 is 5.32 Å². The van der Waals surface area contributed by atoms with Crippen LogP contribution in [0.5, 0.6) is 0 Å². The molecule has 0 aliphatic rings. The second-order valence-corrected chi connectivity index (χ2v) is 3.11. The Labute approximate surface area is 73.8 Å². The molecule has 1 aromatic heterocycles. The van der Waals surface area contributed by atoms with E-state index in [1.807, 2.05) is 16.9 Å². The monoisotopic (exact) mass is 167 g/mol. The number of hydrogen-bond donors (Lipinski definition) is 1. The van der Waals surface area contributed by atoms with Crippen LogP contribution in [0.2, 0.25) is 0 Å². The first-order valence-electron chi connectivity index (χ1n) is 4.45. The molecule has 12 heavy (non-hydrogen) atoms. The normalized spacial score (nSPS) is 13.2. The first-order valence-corrected chi connectivity index (χ1v) is 4.45. The van der Waals surface area contributed by atoms with Crippen molar-refractivity contribution in [3.8, 4) is 0 Å². The van der Waals surface area contributed by atoms with E-state index in [0.717, 1.165) is 13.1 Å². The van der Waals surface area contributed by atoms with Crippen molar-refractivity contribution < 1.29 is 0 Å². The quantitative estimate of drug-likeness (QED) is 0.730. The molecular formula is C9H17N3. The van der Waals surface area contributed by atoms with Crippen LogP contribution in [0.15, 0.2) is 12.3 Å². The van der Waals surface area contributed by atoms with E-state index in [2.05, 4.69) is 31.2 Å². The van der Waals surface area contributed by atoms with Gasteiger partial charge in [-0.2, -0.15) is 5.10 Å². The largest absolute Gasteiger partial charge is 0.313 e. The van der Waals surface area contributed by atoms with Gasteiger partial charge >= 0.3 is 0 Å². The lowest BCUT2D eigenvalue weighted by Crippen LogP contribution is -2.30. The maximum Gasteiger partial charge on any atom is 0.0563 e. The van der Waals surface area contributed by atoms with Crippen molar-refractivity contribution in [1.29, 1.82) is 0 Å². The van der Waals surface area contributed by atoms with Gasteiger partial charge in [0.25, 0.3) is 0 Å². The van der Waals surface area contributed by atoms with Gasteiger partial charge in [-0.1, -0.05) is 6.92 Å². The number of hydrogen-bond acceptors (Lipinski definition) is 2. The Kier molecular flexibility index (Phi) is 3.29. The summed E-state index contributed by atoms with van der Waals surface area (Å²) in [5, 5.41) is 7.56. The predicted octanol–water partition coefficient (Wildman–Crippen LogP) is 1.19. The zero-order valence-corrected chi connectivity index (χ0v) is 8.04. The zero-order valence-electron chi connectivity index (χ0n) is 8.04. The molecule has 0 aliphatic carbocycles. The smallest absolute Gasteiger partial charge is 0.0563 e. The average Bonchev–Trinajstić information content (AvgIpc) is 2.37. The molecule has 1 rings (SSSR count). The summed E-state index contributed by atoms with van der Waals surface area (Å²) in [5.41, 5.74) is 1.22. The summed E-state index contributed by atoms with van der Waals surface area (Å²) in [6.45, 7) is 8.33. The lowest BCUT2D eigenvalue weighted by atomic mass is 10.3. The molecule has 3 heteroatoms. The highest BCUT2D eigenvalue weighted by molar-refractivity contribution is 4.96. The number of aromatic nitrogens is 2. The van der Waals surface area contributed by atoms with E-state index in [1.54, 1.807) is 0 Å². The maximum atomic E-state index is 4.21. The minimum atomic E-state index is 0.494. The summed E-state index contributed by atoms with van der Waals surface area (Å²) in [7, 11) is 0. The Morgan fingerprint density at radius 1 is 1.67 bits per heavy atom. The summed E-state index contributed by atoms with van der Waals surface area (Å²) in [6, 6.07) is 2.52. The summed E-state index contributed by atoms with van der Waals surface area (Å²) in [6.07, 6.45) is 1.84. The fraction of sp³-hybridized carbons (Fsp3) is 0.667. The Hall–Kier alpha value is -0.830. The number of aryl methyl sites for hydroxylation is 1. The third-order valence-corrected chi connectivity index (χ3v) is 1.93. The molecule has 1 heterocycles. The molecule has 0 amide bonds. The van der Waals surface area contributed by atoms with Crippen LogP contribution in [0.1, 0.15) is 19.5 Å². The van der Waals surface area contributed by atoms with E-state index in [9.17, 15) is 0 Å². The number of rotatable bonds is 4. The Morgan fingerprint density at radius 3 is 2.92 bits per heavy atom. The standard InChI is InChI=1S/C9H17N3/c1-4-10-8(2)7-12-9(3)5-6-11-12/h5-6,8,10H,4,7H2,1-3H3. The van der Waals surface area contributed by atoms with E-state index in [4.69, 9.17) is 0 Å². The second kappa shape index (κ2) is 4.26. The van der Waals surface area contributed by atoms with Crippen molar-refractivity contribution in [3.05, 3.63) is 18.0 Å². The van der Waals surface area contributed by atoms with E-state index >= 15 is 0 Å². The van der Waals surface area contributed by atoms with Gasteiger partial charge in [0.05, 0.1) is 6.54 Å². The van der Waals surface area contributed by atoms with Crippen LogP contribution < -0.4 is 5.32 Å². The van der Waals surface area contributed by atoms with Gasteiger partial charge in [-0.05, 0) is 26.5 Å². The van der Waals surface area contributed by atoms with Crippen LogP contribution in [0.25, 0.3) is 0 Å². The van der Waals surface area contributed by atoms with Crippen molar-refractivity contribution >= 4 is 0 Å². The fourth-order valence-electron chi connectivity index (χ4n) is 1.26. The van der Waals surface area contributed by atoms with Gasteiger partial charge in [0.1, 0.15) is 0 Å². The van der Waals surface area contributed by atoms with Crippen LogP contribution in [0, 0.1) is 6.92 Å². The van der Waals surface area contributed by atoms with Crippen LogP contribution in [0.3, 0.4) is 0 Å². The lowest BCUT2D eigenvalue weighted by molar-refractivity contribution is 0.455. The van der Waals surface area contributed by atoms with Crippen molar-refractivity contribution in [3.63, 3.8) is 0 Å². The summed E-state index contributed by atoms with van der Waals surface area (Å²) in [5.74, 6) is 0. The second-order valence-electron chi connectivity index (χ2n) is 3.11. The van der Waals surface area contributed by atoms with Gasteiger partial charge in [-0.3, -0.25) is 4.68 Å². The SMILES string of the molecule is CCNC(C)Cn1nccc1C. The van der Waals surface area contributed by atoms with E-state index in [0.29, 0.717) is 6.04 Å². The first-order chi connectivity index (χ1) is 5.74. The minimum absolute atomic E-state index is 0.494. The third kappa shape index (κ3) is 2.34. The molecule has 0 aromatic carbocycles. The van der Waals surface area contributed by atoms with E-state index in [-0.39, 0.29) is 0 Å². The summed E-state index contributed by atoms with van der Waals surface area (Å²) in [4.78, 5) is 0. The fourth-order valence-corrected chi connectivity index (χ4v) is 1.26. The van der Waals surface area contributed by atoms with Gasteiger partial charge in [-0.25, -0.2) is 0 Å². The molecule has 1 N–H and O–H groups in total. The Bertz CT molecular complexity index is 229. The Morgan fingerprint density at radius 2 is 2.42 bits per heavy atom. The molecule has 0 saturated heterocycles. The average molecular weight is 167 g/mol. The van der Waals surface area contributed by atoms with Gasteiger partial charge in [-0.15, -0.1) is 0 Å². The predicted molar refractivity (Wildman–Crippen MR) is 50.1 cm³/mol. The van der Waals surface area contributed by atoms with Crippen molar-refractivity contribution in [1.82, 2.24) is 15.1 Å². The first kappa shape index (κ1) is 9.26. The van der Waals surface area contributed by atoms with E-state index in [1.165, 1.54) is 5.69 Å².